The molecule has 0 aromatic heterocycles. The number of nitrogens with two attached hydrogens (primary N) is 3. The summed E-state index contributed by atoms with van der Waals surface area (Å²) in [5, 5.41) is 31.0. The van der Waals surface area contributed by atoms with Gasteiger partial charge in [-0.1, -0.05) is 42.5 Å². The first-order valence-corrected chi connectivity index (χ1v) is 17.4. The second-order valence-corrected chi connectivity index (χ2v) is 12.6. The molecule has 0 radical (unpaired) electrons. The second-order valence-electron chi connectivity index (χ2n) is 11.9. The van der Waals surface area contributed by atoms with Crippen LogP contribution in [0.25, 0.3) is 0 Å². The molecule has 0 bridgehead atoms. The Morgan fingerprint density at radius 2 is 1.04 bits per heavy atom. The maximum atomic E-state index is 13.9. The number of phenolic OH excluding ortho intramolecular Hbond substituents is 1. The Hall–Kier alpha value is -5.34. The van der Waals surface area contributed by atoms with Gasteiger partial charge in [0.05, 0.1) is 12.5 Å². The Kier molecular flexibility index (Phi) is 18.1. The number of carboxylic acid groups (broad SMARTS) is 1. The highest BCUT2D eigenvalue weighted by atomic mass is 32.1. The molecule has 0 aliphatic carbocycles. The predicted molar refractivity (Wildman–Crippen MR) is 197 cm³/mol. The number of thiol groups is 2. The van der Waals surface area contributed by atoms with Gasteiger partial charge in [-0.05, 0) is 29.7 Å². The van der Waals surface area contributed by atoms with Crippen LogP contribution in [0, 0.1) is 0 Å². The molecule has 2 aromatic rings. The quantitative estimate of drug-likeness (QED) is 0.0535. The van der Waals surface area contributed by atoms with Crippen LogP contribution in [0.3, 0.4) is 0 Å². The van der Waals surface area contributed by atoms with Crippen molar-refractivity contribution in [1.29, 1.82) is 0 Å². The summed E-state index contributed by atoms with van der Waals surface area (Å²) in [4.78, 5) is 102. The number of aromatic hydroxyl groups is 1. The third kappa shape index (κ3) is 15.4. The van der Waals surface area contributed by atoms with E-state index in [4.69, 9.17) is 17.2 Å². The van der Waals surface area contributed by atoms with Crippen molar-refractivity contribution in [2.45, 2.75) is 68.4 Å². The van der Waals surface area contributed by atoms with Gasteiger partial charge in [-0.25, -0.2) is 4.79 Å². The van der Waals surface area contributed by atoms with E-state index in [1.165, 1.54) is 24.3 Å². The van der Waals surface area contributed by atoms with E-state index in [2.05, 4.69) is 51.8 Å². The number of aliphatic carboxylic acids is 1. The summed E-state index contributed by atoms with van der Waals surface area (Å²) in [7, 11) is 0. The fraction of sp³-hybridized carbons (Fsp3) is 0.394. The molecule has 20 heteroatoms. The van der Waals surface area contributed by atoms with Gasteiger partial charge in [-0.15, -0.1) is 0 Å². The van der Waals surface area contributed by atoms with Gasteiger partial charge in [-0.2, -0.15) is 25.3 Å². The van der Waals surface area contributed by atoms with Gasteiger partial charge in [0.2, 0.25) is 41.4 Å². The zero-order chi connectivity index (χ0) is 39.7. The first-order chi connectivity index (χ1) is 25.0. The van der Waals surface area contributed by atoms with Gasteiger partial charge < -0.3 is 54.0 Å². The number of carbonyl (C=O) groups is 8. The molecule has 2 rings (SSSR count). The lowest BCUT2D eigenvalue weighted by Crippen LogP contribution is -2.60. The molecule has 0 fully saturated rings. The fourth-order valence-corrected chi connectivity index (χ4v) is 5.15. The minimum absolute atomic E-state index is 0.0332. The zero-order valence-electron chi connectivity index (χ0n) is 28.4. The topological polar surface area (TPSA) is 315 Å². The highest BCUT2D eigenvalue weighted by molar-refractivity contribution is 7.80. The summed E-state index contributed by atoms with van der Waals surface area (Å²) >= 11 is 7.90. The third-order valence-corrected chi connectivity index (χ3v) is 8.36. The number of carboxylic acids is 1. The zero-order valence-corrected chi connectivity index (χ0v) is 30.2. The number of nitrogens with one attached hydrogen (secondary N) is 5. The van der Waals surface area contributed by atoms with Crippen LogP contribution in [0.5, 0.6) is 5.75 Å². The molecule has 288 valence electrons. The van der Waals surface area contributed by atoms with Crippen molar-refractivity contribution < 1.29 is 48.6 Å². The van der Waals surface area contributed by atoms with Gasteiger partial charge in [0.1, 0.15) is 36.0 Å². The van der Waals surface area contributed by atoms with Gasteiger partial charge in [-0.3, -0.25) is 33.6 Å². The summed E-state index contributed by atoms with van der Waals surface area (Å²) in [5.41, 5.74) is 17.5. The van der Waals surface area contributed by atoms with Crippen LogP contribution in [0.1, 0.15) is 30.4 Å². The van der Waals surface area contributed by atoms with Gasteiger partial charge >= 0.3 is 5.97 Å². The van der Waals surface area contributed by atoms with Crippen molar-refractivity contribution >= 4 is 72.6 Å². The van der Waals surface area contributed by atoms with E-state index in [1.54, 1.807) is 30.3 Å². The molecule has 0 spiro atoms. The average molecular weight is 777 g/mol. The maximum absolute atomic E-state index is 13.9. The summed E-state index contributed by atoms with van der Waals surface area (Å²) in [6.45, 7) is 0. The molecule has 7 amide bonds. The number of hydrogen-bond donors (Lipinski definition) is 12. The second kappa shape index (κ2) is 21.9. The van der Waals surface area contributed by atoms with E-state index in [-0.39, 0.29) is 36.5 Å². The standard InChI is InChI=1S/C33H44N8O10S2/c34-20(15-52)28(45)38-22(13-18-6-8-19(42)9-7-18)31(48)39-23(12-17-4-2-1-3-5-17)30(47)37-21(10-11-26(35)43)29(46)40-24(14-27(36)44)32(49)41-25(16-53)33(50)51/h1-9,20-25,42,52-53H,10-16,34H2,(H2,35,43)(H2,36,44)(H,37,47)(H,38,45)(H,39,48)(H,40,46)(H,41,49)(H,50,51). The number of benzene rings is 2. The van der Waals surface area contributed by atoms with Crippen molar-refractivity contribution in [1.82, 2.24) is 26.6 Å². The van der Waals surface area contributed by atoms with Crippen LogP contribution in [0.15, 0.2) is 54.6 Å². The average Bonchev–Trinajstić information content (AvgIpc) is 3.11. The van der Waals surface area contributed by atoms with Crippen molar-refractivity contribution in [3.63, 3.8) is 0 Å². The van der Waals surface area contributed by atoms with Crippen LogP contribution >= 0.6 is 25.3 Å². The Bertz CT molecular complexity index is 1620. The molecule has 6 atom stereocenters. The largest absolute Gasteiger partial charge is 0.508 e. The smallest absolute Gasteiger partial charge is 0.327 e. The third-order valence-electron chi connectivity index (χ3n) is 7.61. The van der Waals surface area contributed by atoms with Crippen molar-refractivity contribution in [2.75, 3.05) is 11.5 Å². The van der Waals surface area contributed by atoms with Gasteiger partial charge in [0.15, 0.2) is 0 Å². The number of amides is 7. The Morgan fingerprint density at radius 1 is 0.585 bits per heavy atom. The summed E-state index contributed by atoms with van der Waals surface area (Å²) < 4.78 is 0. The van der Waals surface area contributed by atoms with Crippen LogP contribution in [-0.4, -0.2) is 105 Å². The molecule has 13 N–H and O–H groups in total. The Balaban J connectivity index is 2.43. The molecular weight excluding hydrogens is 733 g/mol. The van der Waals surface area contributed by atoms with E-state index in [0.29, 0.717) is 11.1 Å². The van der Waals surface area contributed by atoms with Crippen LogP contribution < -0.4 is 43.8 Å². The highest BCUT2D eigenvalue weighted by Crippen LogP contribution is 2.13. The van der Waals surface area contributed by atoms with Crippen molar-refractivity contribution in [2.24, 2.45) is 17.2 Å². The number of primary amides is 2. The predicted octanol–water partition coefficient (Wildman–Crippen LogP) is -2.99. The fourth-order valence-electron chi connectivity index (χ4n) is 4.74. The molecular formula is C33H44N8O10S2. The first kappa shape index (κ1) is 43.8. The lowest BCUT2D eigenvalue weighted by molar-refractivity contribution is -0.141. The SMILES string of the molecule is NC(=O)CCC(NC(=O)C(Cc1ccccc1)NC(=O)C(Cc1ccc(O)cc1)NC(=O)C(N)CS)C(=O)NC(CC(N)=O)C(=O)NC(CS)C(=O)O. The lowest BCUT2D eigenvalue weighted by Gasteiger charge is -2.27. The number of carbonyl (C=O) groups excluding carboxylic acids is 7. The lowest BCUT2D eigenvalue weighted by atomic mass is 10.0. The van der Waals surface area contributed by atoms with E-state index < -0.39 is 96.4 Å². The molecule has 0 aliphatic rings. The number of rotatable bonds is 22. The summed E-state index contributed by atoms with van der Waals surface area (Å²) in [5.74, 6) is -8.32. The van der Waals surface area contributed by atoms with Gasteiger partial charge in [0, 0.05) is 30.8 Å². The van der Waals surface area contributed by atoms with Crippen LogP contribution in [-0.2, 0) is 51.2 Å². The Morgan fingerprint density at radius 3 is 1.53 bits per heavy atom. The molecule has 53 heavy (non-hydrogen) atoms. The molecule has 0 saturated heterocycles. The molecule has 0 heterocycles. The van der Waals surface area contributed by atoms with E-state index in [9.17, 15) is 48.6 Å². The minimum atomic E-state index is -1.69. The summed E-state index contributed by atoms with van der Waals surface area (Å²) in [6, 6.07) is 5.78. The molecule has 0 saturated carbocycles. The number of phenols is 1. The first-order valence-electron chi connectivity index (χ1n) is 16.1. The van der Waals surface area contributed by atoms with Crippen LogP contribution in [0.2, 0.25) is 0 Å². The van der Waals surface area contributed by atoms with Crippen molar-refractivity contribution in [3.05, 3.63) is 65.7 Å². The number of hydrogen-bond acceptors (Lipinski definition) is 12. The van der Waals surface area contributed by atoms with Gasteiger partial charge in [0.25, 0.3) is 0 Å². The monoisotopic (exact) mass is 776 g/mol. The highest BCUT2D eigenvalue weighted by Gasteiger charge is 2.33. The molecule has 0 aliphatic heterocycles. The van der Waals surface area contributed by atoms with Crippen LogP contribution in [0.4, 0.5) is 0 Å². The normalized spacial score (nSPS) is 14.2. The minimum Gasteiger partial charge on any atom is -0.508 e. The maximum Gasteiger partial charge on any atom is 0.327 e. The van der Waals surface area contributed by atoms with E-state index >= 15 is 0 Å². The molecule has 18 nitrogen and oxygen atoms in total. The van der Waals surface area contributed by atoms with E-state index in [0.717, 1.165) is 0 Å². The Labute approximate surface area is 315 Å². The van der Waals surface area contributed by atoms with E-state index in [1.807, 2.05) is 0 Å². The molecule has 6 unspecified atom stereocenters. The summed E-state index contributed by atoms with van der Waals surface area (Å²) in [6.07, 6.45) is -1.77. The van der Waals surface area contributed by atoms with Crippen molar-refractivity contribution in [3.8, 4) is 5.75 Å². The molecule has 2 aromatic carbocycles.